The van der Waals surface area contributed by atoms with Crippen molar-refractivity contribution in [3.63, 3.8) is 0 Å². The number of ketones is 1. The fourth-order valence-electron chi connectivity index (χ4n) is 5.06. The van der Waals surface area contributed by atoms with Crippen LogP contribution in [0.5, 0.6) is 5.75 Å². The lowest BCUT2D eigenvalue weighted by Crippen LogP contribution is -2.38. The number of likely N-dealkylation sites (tertiary alicyclic amines) is 1. The molecule has 2 aliphatic heterocycles. The van der Waals surface area contributed by atoms with Gasteiger partial charge < -0.3 is 19.5 Å². The van der Waals surface area contributed by atoms with Crippen molar-refractivity contribution in [2.75, 3.05) is 46.5 Å². The van der Waals surface area contributed by atoms with Crippen LogP contribution in [0.4, 0.5) is 0 Å². The van der Waals surface area contributed by atoms with Crippen LogP contribution in [0.3, 0.4) is 0 Å². The number of pyridine rings is 1. The summed E-state index contributed by atoms with van der Waals surface area (Å²) >= 11 is 0. The van der Waals surface area contributed by atoms with Gasteiger partial charge in [-0.2, -0.15) is 0 Å². The van der Waals surface area contributed by atoms with E-state index in [1.165, 1.54) is 0 Å². The maximum absolute atomic E-state index is 13.4. The molecule has 4 heterocycles. The molecule has 9 nitrogen and oxygen atoms in total. The number of aromatic nitrogens is 2. The van der Waals surface area contributed by atoms with Crippen molar-refractivity contribution >= 4 is 23.1 Å². The average Bonchev–Trinajstić information content (AvgIpc) is 3.37. The number of fused-ring (bicyclic) bond motifs is 1. The molecule has 3 aromatic rings. The Hall–Kier alpha value is -3.69. The molecule has 2 aromatic heterocycles. The molecular weight excluding hydrogens is 460 g/mol. The van der Waals surface area contributed by atoms with Crippen molar-refractivity contribution in [3.05, 3.63) is 71.2 Å². The number of Topliss-reactive ketones (excluding diaryl/α,β-unsaturated/α-hetero) is 1. The number of aryl methyl sites for hydroxylation is 1. The first kappa shape index (κ1) is 24.0. The summed E-state index contributed by atoms with van der Waals surface area (Å²) in [6.07, 6.45) is 2.49. The lowest BCUT2D eigenvalue weighted by Gasteiger charge is -2.29. The van der Waals surface area contributed by atoms with Crippen LogP contribution in [0.15, 0.2) is 54.2 Å². The van der Waals surface area contributed by atoms with Gasteiger partial charge in [-0.1, -0.05) is 18.2 Å². The minimum atomic E-state index is -0.714. The first-order chi connectivity index (χ1) is 17.5. The molecule has 1 atom stereocenters. The average molecular weight is 491 g/mol. The largest absolute Gasteiger partial charge is 0.505 e. The number of ether oxygens (including phenoxy) is 2. The number of methoxy groups -OCH3 is 1. The SMILES string of the molecule is COc1ccc([C@H]2/C(=C(\O)c3c(C)nc4ccccn34)C(=O)C(=O)N2CCCN2CCOCC2)cc1. The second-order valence-corrected chi connectivity index (χ2v) is 9.05. The third-order valence-electron chi connectivity index (χ3n) is 6.88. The lowest BCUT2D eigenvalue weighted by atomic mass is 9.96. The van der Waals surface area contributed by atoms with Crippen LogP contribution in [-0.2, 0) is 14.3 Å². The second-order valence-electron chi connectivity index (χ2n) is 9.05. The van der Waals surface area contributed by atoms with Crippen molar-refractivity contribution in [3.8, 4) is 5.75 Å². The van der Waals surface area contributed by atoms with Gasteiger partial charge in [0.2, 0.25) is 0 Å². The summed E-state index contributed by atoms with van der Waals surface area (Å²) in [6, 6.07) is 12.1. The molecule has 0 spiro atoms. The number of hydrogen-bond acceptors (Lipinski definition) is 7. The molecule has 1 N–H and O–H groups in total. The fraction of sp³-hybridized carbons (Fsp3) is 0.370. The van der Waals surface area contributed by atoms with E-state index in [0.29, 0.717) is 49.0 Å². The number of benzene rings is 1. The first-order valence-electron chi connectivity index (χ1n) is 12.2. The standard InChI is InChI=1S/C27H30N4O5/c1-18-23(30-12-4-3-6-21(30)28-18)25(32)22-24(19-7-9-20(35-2)10-8-19)31(27(34)26(22)33)13-5-11-29-14-16-36-17-15-29/h3-4,6-10,12,24,32H,5,11,13-17H2,1-2H3/b25-22+/t24-/m0/s1. The molecule has 1 amide bonds. The lowest BCUT2D eigenvalue weighted by molar-refractivity contribution is -0.140. The zero-order valence-electron chi connectivity index (χ0n) is 20.5. The van der Waals surface area contributed by atoms with Crippen LogP contribution in [0.1, 0.15) is 29.4 Å². The van der Waals surface area contributed by atoms with Crippen molar-refractivity contribution in [1.29, 1.82) is 0 Å². The molecule has 0 saturated carbocycles. The van der Waals surface area contributed by atoms with Crippen LogP contribution < -0.4 is 4.74 Å². The van der Waals surface area contributed by atoms with E-state index in [-0.39, 0.29) is 11.3 Å². The van der Waals surface area contributed by atoms with Crippen LogP contribution in [0.25, 0.3) is 11.4 Å². The molecule has 0 unspecified atom stereocenters. The number of carbonyl (C=O) groups is 2. The summed E-state index contributed by atoms with van der Waals surface area (Å²) in [5.41, 5.74) is 2.44. The number of aliphatic hydroxyl groups is 1. The van der Waals surface area contributed by atoms with E-state index in [0.717, 1.165) is 25.2 Å². The number of carbonyl (C=O) groups excluding carboxylic acids is 2. The highest BCUT2D eigenvalue weighted by atomic mass is 16.5. The Kier molecular flexibility index (Phi) is 6.75. The van der Waals surface area contributed by atoms with Crippen LogP contribution in [-0.4, -0.2) is 82.5 Å². The summed E-state index contributed by atoms with van der Waals surface area (Å²) in [4.78, 5) is 35.0. The Balaban J connectivity index is 1.55. The van der Waals surface area contributed by atoms with E-state index in [2.05, 4.69) is 9.88 Å². The maximum atomic E-state index is 13.4. The molecular formula is C27H30N4O5. The smallest absolute Gasteiger partial charge is 0.295 e. The van der Waals surface area contributed by atoms with Gasteiger partial charge in [0.05, 0.1) is 37.6 Å². The van der Waals surface area contributed by atoms with Gasteiger partial charge in [-0.05, 0) is 43.2 Å². The highest BCUT2D eigenvalue weighted by molar-refractivity contribution is 6.46. The number of hydrogen-bond donors (Lipinski definition) is 1. The Morgan fingerprint density at radius 2 is 1.86 bits per heavy atom. The summed E-state index contributed by atoms with van der Waals surface area (Å²) in [7, 11) is 1.58. The molecule has 2 saturated heterocycles. The normalized spacial score (nSPS) is 20.4. The number of imidazole rings is 1. The second kappa shape index (κ2) is 10.1. The fourth-order valence-corrected chi connectivity index (χ4v) is 5.06. The molecule has 0 bridgehead atoms. The minimum absolute atomic E-state index is 0.0743. The van der Waals surface area contributed by atoms with Gasteiger partial charge in [0.15, 0.2) is 5.76 Å². The quantitative estimate of drug-likeness (QED) is 0.309. The van der Waals surface area contributed by atoms with E-state index in [4.69, 9.17) is 9.47 Å². The van der Waals surface area contributed by atoms with Crippen LogP contribution in [0.2, 0.25) is 0 Å². The Morgan fingerprint density at radius 3 is 2.58 bits per heavy atom. The highest BCUT2D eigenvalue weighted by Crippen LogP contribution is 2.40. The number of morpholine rings is 1. The van der Waals surface area contributed by atoms with E-state index >= 15 is 0 Å². The zero-order valence-corrected chi connectivity index (χ0v) is 20.5. The summed E-state index contributed by atoms with van der Waals surface area (Å²) in [5.74, 6) is -0.850. The van der Waals surface area contributed by atoms with Crippen molar-refractivity contribution in [2.24, 2.45) is 0 Å². The molecule has 188 valence electrons. The van der Waals surface area contributed by atoms with Gasteiger partial charge in [0, 0.05) is 32.4 Å². The first-order valence-corrected chi connectivity index (χ1v) is 12.2. The van der Waals surface area contributed by atoms with Crippen molar-refractivity contribution < 1.29 is 24.2 Å². The number of amides is 1. The summed E-state index contributed by atoms with van der Waals surface area (Å²) in [6.45, 7) is 6.09. The van der Waals surface area contributed by atoms with E-state index in [1.807, 2.05) is 30.3 Å². The predicted molar refractivity (Wildman–Crippen MR) is 134 cm³/mol. The third-order valence-corrected chi connectivity index (χ3v) is 6.88. The summed E-state index contributed by atoms with van der Waals surface area (Å²) < 4.78 is 12.4. The van der Waals surface area contributed by atoms with Crippen molar-refractivity contribution in [2.45, 2.75) is 19.4 Å². The predicted octanol–water partition coefficient (Wildman–Crippen LogP) is 2.80. The molecule has 0 aliphatic carbocycles. The summed E-state index contributed by atoms with van der Waals surface area (Å²) in [5, 5.41) is 11.5. The maximum Gasteiger partial charge on any atom is 0.295 e. The Labute approximate surface area is 209 Å². The van der Waals surface area contributed by atoms with Crippen LogP contribution >= 0.6 is 0 Å². The van der Waals surface area contributed by atoms with Gasteiger partial charge in [0.25, 0.3) is 11.7 Å². The van der Waals surface area contributed by atoms with E-state index < -0.39 is 17.7 Å². The van der Waals surface area contributed by atoms with Gasteiger partial charge in [0.1, 0.15) is 17.1 Å². The number of rotatable bonds is 7. The number of aliphatic hydroxyl groups excluding tert-OH is 1. The molecule has 9 heteroatoms. The minimum Gasteiger partial charge on any atom is -0.505 e. The van der Waals surface area contributed by atoms with Crippen LogP contribution in [0, 0.1) is 6.92 Å². The number of nitrogens with zero attached hydrogens (tertiary/aromatic N) is 4. The molecule has 2 aliphatic rings. The van der Waals surface area contributed by atoms with Crippen molar-refractivity contribution in [1.82, 2.24) is 19.2 Å². The molecule has 5 rings (SSSR count). The Bertz CT molecular complexity index is 1310. The highest BCUT2D eigenvalue weighted by Gasteiger charge is 2.46. The third kappa shape index (κ3) is 4.36. The van der Waals surface area contributed by atoms with Gasteiger partial charge >= 0.3 is 0 Å². The van der Waals surface area contributed by atoms with E-state index in [1.54, 1.807) is 41.7 Å². The topological polar surface area (TPSA) is 96.6 Å². The van der Waals surface area contributed by atoms with Gasteiger partial charge in [-0.15, -0.1) is 0 Å². The molecule has 2 fully saturated rings. The zero-order chi connectivity index (χ0) is 25.2. The molecule has 36 heavy (non-hydrogen) atoms. The molecule has 1 aromatic carbocycles. The molecule has 0 radical (unpaired) electrons. The Morgan fingerprint density at radius 1 is 1.11 bits per heavy atom. The van der Waals surface area contributed by atoms with E-state index in [9.17, 15) is 14.7 Å². The monoisotopic (exact) mass is 490 g/mol. The van der Waals surface area contributed by atoms with Gasteiger partial charge in [-0.25, -0.2) is 4.98 Å². The van der Waals surface area contributed by atoms with Gasteiger partial charge in [-0.3, -0.25) is 18.9 Å².